The minimum absolute atomic E-state index is 0.817. The lowest BCUT2D eigenvalue weighted by Gasteiger charge is -2.12. The highest BCUT2D eigenvalue weighted by Crippen LogP contribution is 2.07. The maximum Gasteiger partial charge on any atom is 0.0735 e. The first-order chi connectivity index (χ1) is 5.83. The molecule has 0 unspecified atom stereocenters. The quantitative estimate of drug-likeness (QED) is 0.415. The number of hydrogen-bond donors (Lipinski definition) is 3. The van der Waals surface area contributed by atoms with Gasteiger partial charge in [0.15, 0.2) is 0 Å². The molecule has 1 heterocycles. The predicted octanol–water partition coefficient (Wildman–Crippen LogP) is 1.50. The van der Waals surface area contributed by atoms with E-state index in [4.69, 9.17) is 5.41 Å². The van der Waals surface area contributed by atoms with Gasteiger partial charge in [-0.15, -0.1) is 0 Å². The van der Waals surface area contributed by atoms with Gasteiger partial charge in [-0.1, -0.05) is 0 Å². The lowest BCUT2D eigenvalue weighted by atomic mass is 10.3. The number of hydrogen-bond acceptors (Lipinski definition) is 3. The van der Waals surface area contributed by atoms with Crippen molar-refractivity contribution in [3.63, 3.8) is 0 Å². The molecule has 0 saturated carbocycles. The molecular weight excluding hydrogens is 265 g/mol. The molecule has 3 nitrogen and oxygen atoms in total. The normalized spacial score (nSPS) is 16.4. The molecule has 0 aromatic rings. The van der Waals surface area contributed by atoms with Crippen LogP contribution in [-0.4, -0.2) is 12.8 Å². The number of allylic oxidation sites excluding steroid dienone is 3. The van der Waals surface area contributed by atoms with Crippen LogP contribution in [0.2, 0.25) is 0 Å². The Labute approximate surface area is 85.3 Å². The fourth-order valence-electron chi connectivity index (χ4n) is 0.774. The molecule has 0 aromatic carbocycles. The molecule has 0 fully saturated rings. The summed E-state index contributed by atoms with van der Waals surface area (Å²) in [4.78, 5) is 0. The second-order valence-electron chi connectivity index (χ2n) is 2.23. The van der Waals surface area contributed by atoms with Gasteiger partial charge in [0.1, 0.15) is 0 Å². The summed E-state index contributed by atoms with van der Waals surface area (Å²) >= 11 is 2.24. The van der Waals surface area contributed by atoms with Gasteiger partial charge < -0.3 is 16.0 Å². The lowest BCUT2D eigenvalue weighted by molar-refractivity contribution is 0.849. The van der Waals surface area contributed by atoms with Crippen LogP contribution in [0.1, 0.15) is 0 Å². The first-order valence-corrected chi connectivity index (χ1v) is 4.63. The van der Waals surface area contributed by atoms with Crippen LogP contribution in [0.5, 0.6) is 0 Å². The van der Waals surface area contributed by atoms with Crippen LogP contribution in [0.4, 0.5) is 0 Å². The summed E-state index contributed by atoms with van der Waals surface area (Å²) < 4.78 is 1.15. The number of dihydropyridines is 1. The molecule has 0 aliphatic carbocycles. The van der Waals surface area contributed by atoms with Crippen molar-refractivity contribution in [3.05, 3.63) is 33.8 Å². The van der Waals surface area contributed by atoms with E-state index in [1.807, 2.05) is 12.2 Å². The highest BCUT2D eigenvalue weighted by molar-refractivity contribution is 14.1. The van der Waals surface area contributed by atoms with Crippen molar-refractivity contribution in [1.29, 1.82) is 5.41 Å². The Morgan fingerprint density at radius 3 is 3.00 bits per heavy atom. The van der Waals surface area contributed by atoms with Crippen LogP contribution in [0.25, 0.3) is 0 Å². The molecule has 4 heteroatoms. The highest BCUT2D eigenvalue weighted by Gasteiger charge is 1.99. The lowest BCUT2D eigenvalue weighted by Crippen LogP contribution is -2.22. The molecule has 0 amide bonds. The zero-order chi connectivity index (χ0) is 8.81. The molecule has 0 spiro atoms. The summed E-state index contributed by atoms with van der Waals surface area (Å²) in [7, 11) is 0. The molecular formula is C8H10IN3. The standard InChI is InChI=1S/C8H10IN3/c9-8-3-2-7(6-12-8)11-5-1-4-10/h1-5,10-12H,6H2/b5-1-,10-4?. The third-order valence-electron chi connectivity index (χ3n) is 1.34. The van der Waals surface area contributed by atoms with E-state index in [1.54, 1.807) is 12.3 Å². The minimum atomic E-state index is 0.817. The van der Waals surface area contributed by atoms with E-state index < -0.39 is 0 Å². The first kappa shape index (κ1) is 9.31. The summed E-state index contributed by atoms with van der Waals surface area (Å²) in [6.07, 6.45) is 8.65. The monoisotopic (exact) mass is 275 g/mol. The predicted molar refractivity (Wildman–Crippen MR) is 59.2 cm³/mol. The molecule has 3 N–H and O–H groups in total. The largest absolute Gasteiger partial charge is 0.375 e. The number of halogens is 1. The smallest absolute Gasteiger partial charge is 0.0735 e. The molecule has 0 aromatic heterocycles. The Morgan fingerprint density at radius 2 is 2.42 bits per heavy atom. The van der Waals surface area contributed by atoms with Crippen molar-refractivity contribution in [3.8, 4) is 0 Å². The summed E-state index contributed by atoms with van der Waals surface area (Å²) in [5.74, 6) is 0. The van der Waals surface area contributed by atoms with Gasteiger partial charge in [0, 0.05) is 18.1 Å². The third-order valence-corrected chi connectivity index (χ3v) is 2.08. The van der Waals surface area contributed by atoms with Crippen LogP contribution in [0.3, 0.4) is 0 Å². The van der Waals surface area contributed by atoms with Gasteiger partial charge in [-0.2, -0.15) is 0 Å². The molecule has 1 aliphatic rings. The van der Waals surface area contributed by atoms with E-state index in [0.29, 0.717) is 0 Å². The Balaban J connectivity index is 2.43. The van der Waals surface area contributed by atoms with Crippen molar-refractivity contribution >= 4 is 28.8 Å². The van der Waals surface area contributed by atoms with Crippen LogP contribution < -0.4 is 10.6 Å². The Bertz CT molecular complexity index is 253. The van der Waals surface area contributed by atoms with Gasteiger partial charge in [-0.3, -0.25) is 0 Å². The van der Waals surface area contributed by atoms with Crippen LogP contribution in [-0.2, 0) is 0 Å². The second-order valence-corrected chi connectivity index (χ2v) is 3.39. The van der Waals surface area contributed by atoms with Crippen LogP contribution >= 0.6 is 22.6 Å². The number of rotatable bonds is 3. The zero-order valence-electron chi connectivity index (χ0n) is 6.47. The van der Waals surface area contributed by atoms with Crippen molar-refractivity contribution < 1.29 is 0 Å². The second kappa shape index (κ2) is 4.97. The molecule has 0 saturated heterocycles. The Kier molecular flexibility index (Phi) is 3.86. The molecule has 64 valence electrons. The van der Waals surface area contributed by atoms with E-state index >= 15 is 0 Å². The van der Waals surface area contributed by atoms with Gasteiger partial charge in [-0.25, -0.2) is 0 Å². The summed E-state index contributed by atoms with van der Waals surface area (Å²) in [6.45, 7) is 0.817. The highest BCUT2D eigenvalue weighted by atomic mass is 127. The molecule has 1 aliphatic heterocycles. The number of nitrogens with one attached hydrogen (secondary N) is 3. The topological polar surface area (TPSA) is 47.9 Å². The van der Waals surface area contributed by atoms with Crippen molar-refractivity contribution in [1.82, 2.24) is 10.6 Å². The van der Waals surface area contributed by atoms with E-state index in [2.05, 4.69) is 33.2 Å². The maximum absolute atomic E-state index is 6.75. The van der Waals surface area contributed by atoms with Gasteiger partial charge in [0.2, 0.25) is 0 Å². The van der Waals surface area contributed by atoms with Crippen LogP contribution in [0, 0.1) is 5.41 Å². The zero-order valence-corrected chi connectivity index (χ0v) is 8.63. The molecule has 0 atom stereocenters. The fourth-order valence-corrected chi connectivity index (χ4v) is 1.14. The average molecular weight is 275 g/mol. The minimum Gasteiger partial charge on any atom is -0.375 e. The van der Waals surface area contributed by atoms with Crippen molar-refractivity contribution in [2.75, 3.05) is 6.54 Å². The fraction of sp³-hybridized carbons (Fsp3) is 0.125. The van der Waals surface area contributed by atoms with Crippen molar-refractivity contribution in [2.45, 2.75) is 0 Å². The SMILES string of the molecule is N=C/C=C\NC1=CC=C(I)NC1. The van der Waals surface area contributed by atoms with Gasteiger partial charge >= 0.3 is 0 Å². The van der Waals surface area contributed by atoms with Crippen molar-refractivity contribution in [2.24, 2.45) is 0 Å². The maximum atomic E-state index is 6.75. The molecule has 0 radical (unpaired) electrons. The summed E-state index contributed by atoms with van der Waals surface area (Å²) in [6, 6.07) is 0. The molecule has 0 bridgehead atoms. The third kappa shape index (κ3) is 3.08. The van der Waals surface area contributed by atoms with Crippen LogP contribution in [0.15, 0.2) is 33.8 Å². The average Bonchev–Trinajstić information content (AvgIpc) is 2.09. The van der Waals surface area contributed by atoms with E-state index in [-0.39, 0.29) is 0 Å². The first-order valence-electron chi connectivity index (χ1n) is 3.55. The van der Waals surface area contributed by atoms with Gasteiger partial charge in [-0.05, 0) is 40.8 Å². The van der Waals surface area contributed by atoms with E-state index in [0.717, 1.165) is 15.9 Å². The Morgan fingerprint density at radius 1 is 1.58 bits per heavy atom. The molecule has 12 heavy (non-hydrogen) atoms. The summed E-state index contributed by atoms with van der Waals surface area (Å²) in [5, 5.41) is 13.0. The molecule has 1 rings (SSSR count). The van der Waals surface area contributed by atoms with E-state index in [9.17, 15) is 0 Å². The Hall–Kier alpha value is -0.780. The van der Waals surface area contributed by atoms with Gasteiger partial charge in [0.25, 0.3) is 0 Å². The van der Waals surface area contributed by atoms with E-state index in [1.165, 1.54) is 6.21 Å². The summed E-state index contributed by atoms with van der Waals surface area (Å²) in [5.41, 5.74) is 1.11. The van der Waals surface area contributed by atoms with Gasteiger partial charge in [0.05, 0.1) is 10.2 Å².